The lowest BCUT2D eigenvalue weighted by atomic mass is 9.94. The Labute approximate surface area is 251 Å². The maximum atomic E-state index is 13.9. The van der Waals surface area contributed by atoms with E-state index in [0.717, 1.165) is 41.3 Å². The highest BCUT2D eigenvalue weighted by Gasteiger charge is 2.32. The minimum Gasteiger partial charge on any atom is -0.483 e. The van der Waals surface area contributed by atoms with Gasteiger partial charge in [0, 0.05) is 24.0 Å². The van der Waals surface area contributed by atoms with Crippen LogP contribution in [-0.4, -0.2) is 35.4 Å². The molecule has 1 fully saturated rings. The number of rotatable bonds is 11. The second-order valence-electron chi connectivity index (χ2n) is 10.8. The lowest BCUT2D eigenvalue weighted by Gasteiger charge is -2.33. The van der Waals surface area contributed by atoms with Crippen molar-refractivity contribution in [3.8, 4) is 5.75 Å². The summed E-state index contributed by atoms with van der Waals surface area (Å²) in [5.41, 5.74) is 3.02. The number of hydrogen-bond acceptors (Lipinski definition) is 3. The molecular weight excluding hydrogens is 588 g/mol. The Hall–Kier alpha value is -2.83. The molecule has 3 aromatic carbocycles. The normalized spacial score (nSPS) is 14.5. The molecule has 1 aliphatic rings. The van der Waals surface area contributed by atoms with Gasteiger partial charge in [0.05, 0.1) is 4.47 Å². The van der Waals surface area contributed by atoms with E-state index in [1.165, 1.54) is 12.0 Å². The third-order valence-electron chi connectivity index (χ3n) is 7.44. The van der Waals surface area contributed by atoms with Crippen LogP contribution in [0.3, 0.4) is 0 Å². The predicted octanol–water partition coefficient (Wildman–Crippen LogP) is 7.69. The molecule has 0 aliphatic heterocycles. The molecule has 7 heteroatoms. The van der Waals surface area contributed by atoms with Crippen molar-refractivity contribution in [1.82, 2.24) is 10.2 Å². The van der Waals surface area contributed by atoms with Gasteiger partial charge in [-0.25, -0.2) is 0 Å². The summed E-state index contributed by atoms with van der Waals surface area (Å²) in [6.45, 7) is 4.31. The van der Waals surface area contributed by atoms with Gasteiger partial charge in [0.1, 0.15) is 11.8 Å². The minimum absolute atomic E-state index is 0.131. The maximum absolute atomic E-state index is 13.9. The standard InChI is InChI=1S/C33H38BrClN2O3/c1-23(2)26-16-17-31(29(34)20-26)40-22-32(38)37(21-25-12-9-13-27(35)18-25)30(19-24-10-5-3-6-11-24)33(39)36-28-14-7-4-8-15-28/h3,5-6,9-13,16-18,20,23,28,30H,4,7-8,14-15,19,21-22H2,1-2H3,(H,36,39)/t30-/m1/s1. The number of nitrogens with one attached hydrogen (secondary N) is 1. The molecule has 1 atom stereocenters. The lowest BCUT2D eigenvalue weighted by Crippen LogP contribution is -2.53. The van der Waals surface area contributed by atoms with Gasteiger partial charge in [-0.1, -0.05) is 93.2 Å². The van der Waals surface area contributed by atoms with Crippen molar-refractivity contribution in [1.29, 1.82) is 0 Å². The topological polar surface area (TPSA) is 58.6 Å². The highest BCUT2D eigenvalue weighted by Crippen LogP contribution is 2.29. The lowest BCUT2D eigenvalue weighted by molar-refractivity contribution is -0.143. The molecule has 0 bridgehead atoms. The second kappa shape index (κ2) is 14.7. The first-order valence-corrected chi connectivity index (χ1v) is 15.3. The molecule has 5 nitrogen and oxygen atoms in total. The first-order valence-electron chi connectivity index (χ1n) is 14.1. The van der Waals surface area contributed by atoms with Gasteiger partial charge in [-0.2, -0.15) is 0 Å². The molecule has 0 spiro atoms. The molecule has 212 valence electrons. The Bertz CT molecular complexity index is 1280. The molecule has 1 saturated carbocycles. The molecule has 0 radical (unpaired) electrons. The van der Waals surface area contributed by atoms with E-state index >= 15 is 0 Å². The van der Waals surface area contributed by atoms with Crippen LogP contribution in [0.25, 0.3) is 0 Å². The van der Waals surface area contributed by atoms with Crippen LogP contribution in [0.4, 0.5) is 0 Å². The third-order valence-corrected chi connectivity index (χ3v) is 8.29. The van der Waals surface area contributed by atoms with Crippen molar-refractivity contribution in [2.45, 2.75) is 76.9 Å². The summed E-state index contributed by atoms with van der Waals surface area (Å²) in [7, 11) is 0. The number of carbonyl (C=O) groups excluding carboxylic acids is 2. The van der Waals surface area contributed by atoms with E-state index in [2.05, 4.69) is 35.1 Å². The van der Waals surface area contributed by atoms with Crippen molar-refractivity contribution < 1.29 is 14.3 Å². The summed E-state index contributed by atoms with van der Waals surface area (Å²) >= 11 is 9.88. The van der Waals surface area contributed by atoms with Gasteiger partial charge in [-0.15, -0.1) is 0 Å². The predicted molar refractivity (Wildman–Crippen MR) is 165 cm³/mol. The summed E-state index contributed by atoms with van der Waals surface area (Å²) in [4.78, 5) is 29.4. The molecule has 4 rings (SSSR count). The Morgan fingerprint density at radius 1 is 0.975 bits per heavy atom. The molecule has 2 amide bonds. The summed E-state index contributed by atoms with van der Waals surface area (Å²) in [6.07, 6.45) is 5.75. The highest BCUT2D eigenvalue weighted by atomic mass is 79.9. The van der Waals surface area contributed by atoms with Gasteiger partial charge >= 0.3 is 0 Å². The number of ether oxygens (including phenoxy) is 1. The minimum atomic E-state index is -0.703. The number of halogens is 2. The van der Waals surface area contributed by atoms with Crippen LogP contribution in [0.5, 0.6) is 5.75 Å². The molecule has 0 aromatic heterocycles. The highest BCUT2D eigenvalue weighted by molar-refractivity contribution is 9.10. The first kappa shape index (κ1) is 30.1. The van der Waals surface area contributed by atoms with E-state index in [4.69, 9.17) is 16.3 Å². The quantitative estimate of drug-likeness (QED) is 0.238. The fourth-order valence-corrected chi connectivity index (χ4v) is 5.87. The Balaban J connectivity index is 1.61. The van der Waals surface area contributed by atoms with E-state index in [1.807, 2.05) is 66.7 Å². The second-order valence-corrected chi connectivity index (χ2v) is 12.1. The summed E-state index contributed by atoms with van der Waals surface area (Å²) in [5, 5.41) is 3.85. The smallest absolute Gasteiger partial charge is 0.261 e. The Morgan fingerprint density at radius 3 is 2.38 bits per heavy atom. The van der Waals surface area contributed by atoms with Crippen molar-refractivity contribution in [3.05, 3.63) is 99.0 Å². The zero-order valence-electron chi connectivity index (χ0n) is 23.2. The molecule has 3 aromatic rings. The van der Waals surface area contributed by atoms with Gasteiger partial charge in [-0.05, 0) is 75.6 Å². The van der Waals surface area contributed by atoms with Gasteiger partial charge in [-0.3, -0.25) is 9.59 Å². The van der Waals surface area contributed by atoms with Crippen LogP contribution in [0.2, 0.25) is 5.02 Å². The first-order chi connectivity index (χ1) is 19.3. The SMILES string of the molecule is CC(C)c1ccc(OCC(=O)N(Cc2cccc(Cl)c2)[C@H](Cc2ccccc2)C(=O)NC2CCCCC2)c(Br)c1. The average Bonchev–Trinajstić information content (AvgIpc) is 2.95. The van der Waals surface area contributed by atoms with Crippen molar-refractivity contribution in [2.24, 2.45) is 0 Å². The van der Waals surface area contributed by atoms with Gasteiger partial charge in [0.25, 0.3) is 5.91 Å². The average molecular weight is 626 g/mol. The molecule has 1 aliphatic carbocycles. The van der Waals surface area contributed by atoms with Gasteiger partial charge in [0.2, 0.25) is 5.91 Å². The molecule has 0 unspecified atom stereocenters. The van der Waals surface area contributed by atoms with Crippen LogP contribution in [0.15, 0.2) is 77.3 Å². The molecule has 40 heavy (non-hydrogen) atoms. The molecule has 0 saturated heterocycles. The van der Waals surface area contributed by atoms with Crippen molar-refractivity contribution >= 4 is 39.3 Å². The summed E-state index contributed by atoms with van der Waals surface area (Å²) in [6, 6.07) is 22.6. The number of benzene rings is 3. The third kappa shape index (κ3) is 8.58. The number of carbonyl (C=O) groups is 2. The summed E-state index contributed by atoms with van der Waals surface area (Å²) < 4.78 is 6.81. The Kier molecular flexibility index (Phi) is 11.1. The molecular formula is C33H38BrClN2O3. The maximum Gasteiger partial charge on any atom is 0.261 e. The summed E-state index contributed by atoms with van der Waals surface area (Å²) in [5.74, 6) is 0.571. The zero-order valence-corrected chi connectivity index (χ0v) is 25.6. The van der Waals surface area contributed by atoms with E-state index in [0.29, 0.717) is 23.1 Å². The largest absolute Gasteiger partial charge is 0.483 e. The van der Waals surface area contributed by atoms with Crippen LogP contribution in [0.1, 0.15) is 68.6 Å². The van der Waals surface area contributed by atoms with E-state index in [1.54, 1.807) is 11.0 Å². The van der Waals surface area contributed by atoms with Crippen LogP contribution in [-0.2, 0) is 22.6 Å². The fourth-order valence-electron chi connectivity index (χ4n) is 5.15. The molecule has 1 N–H and O–H groups in total. The van der Waals surface area contributed by atoms with Crippen LogP contribution in [0, 0.1) is 0 Å². The molecule has 0 heterocycles. The fraction of sp³-hybridized carbons (Fsp3) is 0.394. The van der Waals surface area contributed by atoms with Gasteiger partial charge < -0.3 is 15.0 Å². The number of hydrogen-bond donors (Lipinski definition) is 1. The van der Waals surface area contributed by atoms with E-state index < -0.39 is 6.04 Å². The number of nitrogens with zero attached hydrogens (tertiary/aromatic N) is 1. The Morgan fingerprint density at radius 2 is 1.70 bits per heavy atom. The van der Waals surface area contributed by atoms with Crippen molar-refractivity contribution in [3.63, 3.8) is 0 Å². The van der Waals surface area contributed by atoms with E-state index in [-0.39, 0.29) is 31.0 Å². The van der Waals surface area contributed by atoms with Crippen LogP contribution >= 0.6 is 27.5 Å². The van der Waals surface area contributed by atoms with E-state index in [9.17, 15) is 9.59 Å². The zero-order chi connectivity index (χ0) is 28.5. The number of amides is 2. The van der Waals surface area contributed by atoms with Crippen LogP contribution < -0.4 is 10.1 Å². The van der Waals surface area contributed by atoms with Crippen molar-refractivity contribution in [2.75, 3.05) is 6.61 Å². The van der Waals surface area contributed by atoms with Gasteiger partial charge in [0.15, 0.2) is 6.61 Å². The monoisotopic (exact) mass is 624 g/mol.